The van der Waals surface area contributed by atoms with Crippen molar-refractivity contribution in [2.24, 2.45) is 5.10 Å². The molecule has 3 aromatic rings. The summed E-state index contributed by atoms with van der Waals surface area (Å²) in [6.07, 6.45) is -3.55. The van der Waals surface area contributed by atoms with Gasteiger partial charge in [0.2, 0.25) is 0 Å². The van der Waals surface area contributed by atoms with Gasteiger partial charge in [-0.15, -0.1) is 0 Å². The van der Waals surface area contributed by atoms with E-state index in [2.05, 4.69) is 15.3 Å². The number of esters is 1. The van der Waals surface area contributed by atoms with E-state index in [1.807, 2.05) is 0 Å². The van der Waals surface area contributed by atoms with Crippen LogP contribution in [0, 0.1) is 0 Å². The summed E-state index contributed by atoms with van der Waals surface area (Å²) in [5.74, 6) is -1.49. The lowest BCUT2D eigenvalue weighted by atomic mass is 10.1. The molecule has 0 radical (unpaired) electrons. The standard InChI is InChI=1S/C24H19ClF3N3O5S/c1-36-23(33)17-9-7-16(8-10-17)14-29-30-22(32)15-31(37(34,35)19-5-3-2-4-6-19)21-13-18(24(26,27)28)11-12-20(21)25/h2-14H,15H2,1H3,(H,30,32)/b29-14-. The van der Waals surface area contributed by atoms with E-state index in [0.717, 1.165) is 6.07 Å². The van der Waals surface area contributed by atoms with Crippen molar-refractivity contribution in [1.82, 2.24) is 5.43 Å². The third kappa shape index (κ3) is 6.86. The van der Waals surface area contributed by atoms with Crippen molar-refractivity contribution in [3.63, 3.8) is 0 Å². The number of alkyl halides is 3. The first kappa shape index (κ1) is 27.7. The van der Waals surface area contributed by atoms with E-state index in [0.29, 0.717) is 27.6 Å². The maximum atomic E-state index is 13.3. The van der Waals surface area contributed by atoms with Gasteiger partial charge in [0.15, 0.2) is 0 Å². The summed E-state index contributed by atoms with van der Waals surface area (Å²) in [6.45, 7) is -0.920. The molecule has 0 aliphatic heterocycles. The molecule has 0 aliphatic rings. The molecule has 0 fully saturated rings. The Morgan fingerprint density at radius 3 is 2.30 bits per heavy atom. The Morgan fingerprint density at radius 1 is 1.05 bits per heavy atom. The average molecular weight is 554 g/mol. The summed E-state index contributed by atoms with van der Waals surface area (Å²) in [7, 11) is -3.26. The quantitative estimate of drug-likeness (QED) is 0.251. The topological polar surface area (TPSA) is 105 Å². The zero-order valence-corrected chi connectivity index (χ0v) is 20.6. The normalized spacial score (nSPS) is 11.8. The fraction of sp³-hybridized carbons (Fsp3) is 0.125. The maximum Gasteiger partial charge on any atom is 0.416 e. The van der Waals surface area contributed by atoms with Crippen molar-refractivity contribution >= 4 is 45.4 Å². The fourth-order valence-electron chi connectivity index (χ4n) is 3.07. The molecular formula is C24H19ClF3N3O5S. The molecule has 0 saturated carbocycles. The molecule has 0 aliphatic carbocycles. The summed E-state index contributed by atoms with van der Waals surface area (Å²) < 4.78 is 71.7. The van der Waals surface area contributed by atoms with Gasteiger partial charge < -0.3 is 4.74 Å². The molecule has 3 rings (SSSR count). The largest absolute Gasteiger partial charge is 0.465 e. The van der Waals surface area contributed by atoms with Gasteiger partial charge in [-0.1, -0.05) is 41.9 Å². The van der Waals surface area contributed by atoms with Crippen LogP contribution in [-0.2, 0) is 25.7 Å². The number of ether oxygens (including phenoxy) is 1. The molecule has 0 aromatic heterocycles. The van der Waals surface area contributed by atoms with E-state index in [9.17, 15) is 31.2 Å². The molecule has 0 saturated heterocycles. The number of sulfonamides is 1. The summed E-state index contributed by atoms with van der Waals surface area (Å²) in [6, 6.07) is 15.0. The van der Waals surface area contributed by atoms with Gasteiger partial charge in [0, 0.05) is 0 Å². The molecule has 0 spiro atoms. The molecule has 3 aromatic carbocycles. The number of carbonyl (C=O) groups is 2. The summed E-state index contributed by atoms with van der Waals surface area (Å²) in [5.41, 5.74) is 1.24. The van der Waals surface area contributed by atoms with E-state index in [-0.39, 0.29) is 9.92 Å². The van der Waals surface area contributed by atoms with Crippen LogP contribution >= 0.6 is 11.6 Å². The lowest BCUT2D eigenvalue weighted by Gasteiger charge is -2.25. The Morgan fingerprint density at radius 2 is 1.70 bits per heavy atom. The SMILES string of the molecule is COC(=O)c1ccc(/C=N\NC(=O)CN(c2cc(C(F)(F)F)ccc2Cl)S(=O)(=O)c2ccccc2)cc1. The van der Waals surface area contributed by atoms with E-state index in [1.165, 1.54) is 61.9 Å². The molecule has 0 unspecified atom stereocenters. The van der Waals surface area contributed by atoms with Gasteiger partial charge in [-0.2, -0.15) is 18.3 Å². The Balaban J connectivity index is 1.88. The Hall–Kier alpha value is -3.90. The summed E-state index contributed by atoms with van der Waals surface area (Å²) in [5, 5.41) is 3.43. The minimum absolute atomic E-state index is 0.259. The van der Waals surface area contributed by atoms with Gasteiger partial charge in [0.05, 0.1) is 40.1 Å². The number of nitrogens with zero attached hydrogens (tertiary/aromatic N) is 2. The van der Waals surface area contributed by atoms with Gasteiger partial charge in [-0.3, -0.25) is 9.10 Å². The summed E-state index contributed by atoms with van der Waals surface area (Å²) in [4.78, 5) is 23.8. The number of carbonyl (C=O) groups excluding carboxylic acids is 2. The second-order valence-corrected chi connectivity index (χ2v) is 9.66. The minimum Gasteiger partial charge on any atom is -0.465 e. The van der Waals surface area contributed by atoms with Crippen LogP contribution in [-0.4, -0.2) is 40.2 Å². The van der Waals surface area contributed by atoms with Crippen LogP contribution in [0.15, 0.2) is 82.8 Å². The van der Waals surface area contributed by atoms with Crippen LogP contribution in [0.4, 0.5) is 18.9 Å². The third-order valence-corrected chi connectivity index (χ3v) is 6.99. The number of benzene rings is 3. The van der Waals surface area contributed by atoms with Crippen molar-refractivity contribution in [3.05, 3.63) is 94.5 Å². The van der Waals surface area contributed by atoms with Crippen molar-refractivity contribution < 1.29 is 35.9 Å². The van der Waals surface area contributed by atoms with Crippen molar-refractivity contribution in [3.8, 4) is 0 Å². The highest BCUT2D eigenvalue weighted by Gasteiger charge is 2.34. The van der Waals surface area contributed by atoms with E-state index < -0.39 is 45.9 Å². The Bertz CT molecular complexity index is 1410. The molecule has 0 bridgehead atoms. The van der Waals surface area contributed by atoms with Crippen LogP contribution in [0.2, 0.25) is 5.02 Å². The first-order valence-corrected chi connectivity index (χ1v) is 12.2. The van der Waals surface area contributed by atoms with Crippen molar-refractivity contribution in [2.75, 3.05) is 18.0 Å². The number of amides is 1. The smallest absolute Gasteiger partial charge is 0.416 e. The molecule has 0 atom stereocenters. The highest BCUT2D eigenvalue weighted by atomic mass is 35.5. The second-order valence-electron chi connectivity index (χ2n) is 7.40. The number of rotatable bonds is 8. The number of anilines is 1. The van der Waals surface area contributed by atoms with Gasteiger partial charge in [-0.05, 0) is 48.0 Å². The number of methoxy groups -OCH3 is 1. The van der Waals surface area contributed by atoms with Crippen LogP contribution in [0.5, 0.6) is 0 Å². The third-order valence-electron chi connectivity index (χ3n) is 4.90. The van der Waals surface area contributed by atoms with Crippen LogP contribution in [0.3, 0.4) is 0 Å². The molecule has 37 heavy (non-hydrogen) atoms. The zero-order valence-electron chi connectivity index (χ0n) is 19.1. The monoisotopic (exact) mass is 553 g/mol. The predicted molar refractivity (Wildman–Crippen MR) is 131 cm³/mol. The maximum absolute atomic E-state index is 13.3. The molecule has 0 heterocycles. The molecular weight excluding hydrogens is 535 g/mol. The number of hydrogen-bond acceptors (Lipinski definition) is 6. The second kappa shape index (κ2) is 11.4. The van der Waals surface area contributed by atoms with Crippen LogP contribution < -0.4 is 9.73 Å². The van der Waals surface area contributed by atoms with E-state index in [1.54, 1.807) is 6.07 Å². The lowest BCUT2D eigenvalue weighted by molar-refractivity contribution is -0.137. The van der Waals surface area contributed by atoms with Gasteiger partial charge in [-0.25, -0.2) is 18.6 Å². The number of hydrazone groups is 1. The minimum atomic E-state index is -4.78. The Kier molecular flexibility index (Phi) is 8.56. The van der Waals surface area contributed by atoms with Crippen molar-refractivity contribution in [1.29, 1.82) is 0 Å². The van der Waals surface area contributed by atoms with E-state index >= 15 is 0 Å². The summed E-state index contributed by atoms with van der Waals surface area (Å²) >= 11 is 6.08. The number of halogens is 4. The Labute approximate surface area is 215 Å². The van der Waals surface area contributed by atoms with Crippen LogP contribution in [0.25, 0.3) is 0 Å². The highest BCUT2D eigenvalue weighted by molar-refractivity contribution is 7.92. The first-order chi connectivity index (χ1) is 17.4. The fourth-order valence-corrected chi connectivity index (χ4v) is 4.79. The average Bonchev–Trinajstić information content (AvgIpc) is 2.87. The van der Waals surface area contributed by atoms with E-state index in [4.69, 9.17) is 11.6 Å². The first-order valence-electron chi connectivity index (χ1n) is 10.4. The van der Waals surface area contributed by atoms with Crippen molar-refractivity contribution in [2.45, 2.75) is 11.1 Å². The molecule has 1 amide bonds. The van der Waals surface area contributed by atoms with Gasteiger partial charge in [0.25, 0.3) is 15.9 Å². The number of nitrogens with one attached hydrogen (secondary N) is 1. The molecule has 194 valence electrons. The lowest BCUT2D eigenvalue weighted by Crippen LogP contribution is -2.40. The van der Waals surface area contributed by atoms with Gasteiger partial charge >= 0.3 is 12.1 Å². The highest BCUT2D eigenvalue weighted by Crippen LogP contribution is 2.37. The van der Waals surface area contributed by atoms with Gasteiger partial charge in [0.1, 0.15) is 6.54 Å². The molecule has 1 N–H and O–H groups in total. The van der Waals surface area contributed by atoms with Crippen LogP contribution in [0.1, 0.15) is 21.5 Å². The number of hydrogen-bond donors (Lipinski definition) is 1. The molecule has 13 heteroatoms. The molecule has 8 nitrogen and oxygen atoms in total. The predicted octanol–water partition coefficient (Wildman–Crippen LogP) is 4.49. The zero-order chi connectivity index (χ0) is 27.2.